The van der Waals surface area contributed by atoms with Crippen LogP contribution in [0.1, 0.15) is 57.5 Å². The number of benzene rings is 4. The molecule has 0 spiro atoms. The van der Waals surface area contributed by atoms with Crippen LogP contribution in [0.4, 0.5) is 11.4 Å². The van der Waals surface area contributed by atoms with Crippen molar-refractivity contribution >= 4 is 69.0 Å². The van der Waals surface area contributed by atoms with Crippen molar-refractivity contribution in [1.29, 1.82) is 0 Å². The van der Waals surface area contributed by atoms with E-state index in [9.17, 15) is 19.2 Å². The Morgan fingerprint density at radius 2 is 0.981 bits per heavy atom. The fourth-order valence-corrected chi connectivity index (χ4v) is 7.40. The van der Waals surface area contributed by atoms with Gasteiger partial charge in [0.2, 0.25) is 11.8 Å². The highest BCUT2D eigenvalue weighted by Gasteiger charge is 2.36. The first-order chi connectivity index (χ1) is 25.4. The number of para-hydroxylation sites is 2. The van der Waals surface area contributed by atoms with Gasteiger partial charge in [0.25, 0.3) is 11.8 Å². The number of nitrogens with one attached hydrogen (secondary N) is 4. The minimum Gasteiger partial charge on any atom is -0.361 e. The van der Waals surface area contributed by atoms with Gasteiger partial charge in [0.05, 0.1) is 22.2 Å². The molecule has 260 valence electrons. The van der Waals surface area contributed by atoms with Gasteiger partial charge in [0, 0.05) is 47.6 Å². The standard InChI is InChI=1S/C42H38N6O4/c49-39(35-9-3-25-47(35)41(51)33-7-1-5-29-21-23-43-37(29)33)45-31-17-13-27(14-18-31)11-12-28-15-19-32(20-16-28)46-40(50)36-10-4-26-48(36)42(52)34-8-2-6-30-22-24-44-38(30)34/h1-2,5-8,11-24,35-36,43-44H,3-4,9-10,25-26H2,(H,45,49)(H,46,50)/t35-,36-/m0/s1. The number of aromatic amines is 2. The largest absolute Gasteiger partial charge is 0.361 e. The summed E-state index contributed by atoms with van der Waals surface area (Å²) < 4.78 is 0. The molecule has 8 rings (SSSR count). The Morgan fingerprint density at radius 3 is 1.40 bits per heavy atom. The maximum absolute atomic E-state index is 13.5. The van der Waals surface area contributed by atoms with Crippen LogP contribution in [-0.4, -0.2) is 68.6 Å². The Hall–Kier alpha value is -6.42. The second kappa shape index (κ2) is 14.1. The molecule has 6 aromatic rings. The minimum absolute atomic E-state index is 0.143. The summed E-state index contributed by atoms with van der Waals surface area (Å²) in [5, 5.41) is 7.92. The van der Waals surface area contributed by atoms with Crippen LogP contribution < -0.4 is 10.6 Å². The zero-order valence-corrected chi connectivity index (χ0v) is 28.5. The van der Waals surface area contributed by atoms with Crippen molar-refractivity contribution in [2.45, 2.75) is 37.8 Å². The van der Waals surface area contributed by atoms with Gasteiger partial charge in [-0.3, -0.25) is 19.2 Å². The normalized spacial score (nSPS) is 17.3. The van der Waals surface area contributed by atoms with E-state index in [1.54, 1.807) is 21.9 Å². The fourth-order valence-electron chi connectivity index (χ4n) is 7.40. The number of rotatable bonds is 8. The van der Waals surface area contributed by atoms with E-state index in [0.717, 1.165) is 45.8 Å². The molecule has 4 N–H and O–H groups in total. The van der Waals surface area contributed by atoms with Crippen molar-refractivity contribution < 1.29 is 19.2 Å². The van der Waals surface area contributed by atoms with E-state index in [4.69, 9.17) is 0 Å². The molecule has 2 aliphatic rings. The molecule has 4 amide bonds. The average Bonchev–Trinajstić information content (AvgIpc) is 4.01. The first-order valence-corrected chi connectivity index (χ1v) is 17.7. The summed E-state index contributed by atoms with van der Waals surface area (Å²) in [5.74, 6) is -0.672. The quantitative estimate of drug-likeness (QED) is 0.125. The zero-order valence-electron chi connectivity index (χ0n) is 28.5. The molecule has 0 unspecified atom stereocenters. The van der Waals surface area contributed by atoms with Crippen molar-refractivity contribution in [1.82, 2.24) is 19.8 Å². The Balaban J connectivity index is 0.855. The Morgan fingerprint density at radius 1 is 0.558 bits per heavy atom. The molecule has 2 atom stereocenters. The summed E-state index contributed by atoms with van der Waals surface area (Å²) in [5.41, 5.74) is 5.95. The van der Waals surface area contributed by atoms with Crippen molar-refractivity contribution in [3.8, 4) is 0 Å². The molecular weight excluding hydrogens is 652 g/mol. The van der Waals surface area contributed by atoms with E-state index in [1.807, 2.05) is 109 Å². The smallest absolute Gasteiger partial charge is 0.256 e. The molecule has 2 fully saturated rings. The lowest BCUT2D eigenvalue weighted by Crippen LogP contribution is -2.43. The molecule has 52 heavy (non-hydrogen) atoms. The number of carbonyl (C=O) groups is 4. The Labute approximate surface area is 300 Å². The Kier molecular flexibility index (Phi) is 8.86. The molecule has 10 heteroatoms. The highest BCUT2D eigenvalue weighted by Crippen LogP contribution is 2.27. The van der Waals surface area contributed by atoms with Gasteiger partial charge in [-0.2, -0.15) is 0 Å². The van der Waals surface area contributed by atoms with Gasteiger partial charge in [0.1, 0.15) is 12.1 Å². The van der Waals surface area contributed by atoms with Gasteiger partial charge < -0.3 is 30.4 Å². The van der Waals surface area contributed by atoms with Crippen LogP contribution in [0.15, 0.2) is 109 Å². The second-order valence-corrected chi connectivity index (χ2v) is 13.4. The Bertz CT molecular complexity index is 2160. The molecule has 4 aromatic carbocycles. The highest BCUT2D eigenvalue weighted by atomic mass is 16.2. The lowest BCUT2D eigenvalue weighted by molar-refractivity contribution is -0.120. The summed E-state index contributed by atoms with van der Waals surface area (Å²) in [6.45, 7) is 1.08. The number of fused-ring (bicyclic) bond motifs is 2. The van der Waals surface area contributed by atoms with Crippen LogP contribution in [-0.2, 0) is 9.59 Å². The van der Waals surface area contributed by atoms with Gasteiger partial charge in [-0.15, -0.1) is 0 Å². The van der Waals surface area contributed by atoms with E-state index in [0.29, 0.717) is 48.4 Å². The summed E-state index contributed by atoms with van der Waals surface area (Å²) in [4.78, 5) is 63.2. The molecule has 10 nitrogen and oxygen atoms in total. The zero-order chi connectivity index (χ0) is 35.6. The number of amides is 4. The van der Waals surface area contributed by atoms with Gasteiger partial charge in [-0.25, -0.2) is 0 Å². The number of hydrogen-bond acceptors (Lipinski definition) is 4. The molecule has 2 aliphatic heterocycles. The predicted molar refractivity (Wildman–Crippen MR) is 204 cm³/mol. The molecular formula is C42H38N6O4. The van der Waals surface area contributed by atoms with Crippen LogP contribution in [0.3, 0.4) is 0 Å². The lowest BCUT2D eigenvalue weighted by Gasteiger charge is -2.24. The lowest BCUT2D eigenvalue weighted by atomic mass is 10.1. The second-order valence-electron chi connectivity index (χ2n) is 13.4. The molecule has 2 aromatic heterocycles. The fraction of sp³-hybridized carbons (Fsp3) is 0.190. The number of anilines is 2. The third-order valence-electron chi connectivity index (χ3n) is 10.1. The third-order valence-corrected chi connectivity index (χ3v) is 10.1. The number of aromatic nitrogens is 2. The van der Waals surface area contributed by atoms with Crippen LogP contribution in [0.2, 0.25) is 0 Å². The monoisotopic (exact) mass is 690 g/mol. The van der Waals surface area contributed by atoms with Crippen LogP contribution >= 0.6 is 0 Å². The van der Waals surface area contributed by atoms with Gasteiger partial charge in [0.15, 0.2) is 0 Å². The average molecular weight is 691 g/mol. The molecule has 0 bridgehead atoms. The van der Waals surface area contributed by atoms with Gasteiger partial charge >= 0.3 is 0 Å². The minimum atomic E-state index is -0.533. The van der Waals surface area contributed by atoms with Crippen LogP contribution in [0, 0.1) is 0 Å². The maximum Gasteiger partial charge on any atom is 0.256 e. The van der Waals surface area contributed by atoms with E-state index >= 15 is 0 Å². The van der Waals surface area contributed by atoms with Crippen molar-refractivity contribution in [3.05, 3.63) is 132 Å². The first kappa shape index (κ1) is 32.8. The SMILES string of the molecule is O=C(Nc1ccc(C=Cc2ccc(NC(=O)[C@@H]3CCCN3C(=O)c3cccc4cc[nH]c34)cc2)cc1)[C@@H]1CCCN1C(=O)c1cccc2cc[nH]c12. The summed E-state index contributed by atoms with van der Waals surface area (Å²) in [7, 11) is 0. The summed E-state index contributed by atoms with van der Waals surface area (Å²) in [6, 6.07) is 29.2. The number of likely N-dealkylation sites (tertiary alicyclic amines) is 2. The number of nitrogens with zero attached hydrogens (tertiary/aromatic N) is 2. The van der Waals surface area contributed by atoms with E-state index in [1.165, 1.54) is 0 Å². The molecule has 0 saturated carbocycles. The summed E-state index contributed by atoms with van der Waals surface area (Å²) >= 11 is 0. The number of hydrogen-bond donors (Lipinski definition) is 4. The first-order valence-electron chi connectivity index (χ1n) is 17.7. The van der Waals surface area contributed by atoms with Gasteiger partial charge in [-0.05, 0) is 85.3 Å². The van der Waals surface area contributed by atoms with E-state index in [-0.39, 0.29) is 23.6 Å². The van der Waals surface area contributed by atoms with Crippen molar-refractivity contribution in [2.24, 2.45) is 0 Å². The molecule has 0 aliphatic carbocycles. The van der Waals surface area contributed by atoms with Crippen LogP contribution in [0.25, 0.3) is 34.0 Å². The molecule has 2 saturated heterocycles. The molecule has 4 heterocycles. The summed E-state index contributed by atoms with van der Waals surface area (Å²) in [6.07, 6.45) is 10.4. The van der Waals surface area contributed by atoms with Crippen molar-refractivity contribution in [3.63, 3.8) is 0 Å². The number of H-pyrrole nitrogens is 2. The third kappa shape index (κ3) is 6.46. The van der Waals surface area contributed by atoms with Crippen molar-refractivity contribution in [2.75, 3.05) is 23.7 Å². The number of carbonyl (C=O) groups excluding carboxylic acids is 4. The van der Waals surface area contributed by atoms with E-state index in [2.05, 4.69) is 20.6 Å². The van der Waals surface area contributed by atoms with E-state index < -0.39 is 12.1 Å². The highest BCUT2D eigenvalue weighted by molar-refractivity contribution is 6.09. The van der Waals surface area contributed by atoms with Gasteiger partial charge in [-0.1, -0.05) is 60.7 Å². The topological polar surface area (TPSA) is 130 Å². The van der Waals surface area contributed by atoms with Crippen LogP contribution in [0.5, 0.6) is 0 Å². The predicted octanol–water partition coefficient (Wildman–Crippen LogP) is 7.31. The molecule has 0 radical (unpaired) electrons. The maximum atomic E-state index is 13.5.